The molecule has 0 aromatic carbocycles. The Balaban J connectivity index is 2.13. The Labute approximate surface area is 120 Å². The number of carbonyl (C=O) groups is 1. The number of anilines is 1. The lowest BCUT2D eigenvalue weighted by Crippen LogP contribution is -2.29. The van der Waals surface area contributed by atoms with E-state index in [4.69, 9.17) is 10.5 Å². The third-order valence-electron chi connectivity index (χ3n) is 2.75. The van der Waals surface area contributed by atoms with E-state index in [0.29, 0.717) is 6.54 Å². The van der Waals surface area contributed by atoms with E-state index in [2.05, 4.69) is 15.0 Å². The fourth-order valence-electron chi connectivity index (χ4n) is 2.04. The molecule has 9 nitrogen and oxygen atoms in total. The molecule has 0 aliphatic carbocycles. The number of imidazole rings is 1. The van der Waals surface area contributed by atoms with Gasteiger partial charge in [-0.15, -0.1) is 0 Å². The van der Waals surface area contributed by atoms with Crippen molar-refractivity contribution >= 4 is 23.1 Å². The van der Waals surface area contributed by atoms with Gasteiger partial charge in [0.1, 0.15) is 12.6 Å². The van der Waals surface area contributed by atoms with Gasteiger partial charge in [0.25, 0.3) is 5.56 Å². The van der Waals surface area contributed by atoms with Gasteiger partial charge in [-0.1, -0.05) is 0 Å². The van der Waals surface area contributed by atoms with Crippen LogP contribution in [0.2, 0.25) is 0 Å². The molecular formula is C12H18N6O3. The minimum Gasteiger partial charge on any atom is -0.460 e. The van der Waals surface area contributed by atoms with Crippen LogP contribution in [0.3, 0.4) is 0 Å². The van der Waals surface area contributed by atoms with Crippen LogP contribution in [0.1, 0.15) is 6.92 Å². The third kappa shape index (κ3) is 3.57. The van der Waals surface area contributed by atoms with E-state index in [1.54, 1.807) is 0 Å². The highest BCUT2D eigenvalue weighted by molar-refractivity contribution is 5.75. The van der Waals surface area contributed by atoms with Gasteiger partial charge in [-0.3, -0.25) is 14.6 Å². The van der Waals surface area contributed by atoms with E-state index in [0.717, 1.165) is 0 Å². The standard InChI is InChI=1S/C12H18N6O3/c1-7(4-17(2)3)21-8(19)5-18-6-14-9-10(18)15-12(13)16-11(9)20/h6-7H,4-5H2,1-3H3,(H3,13,15,16,20). The highest BCUT2D eigenvalue weighted by Crippen LogP contribution is 2.07. The average Bonchev–Trinajstić information content (AvgIpc) is 2.71. The molecule has 2 heterocycles. The number of rotatable bonds is 5. The van der Waals surface area contributed by atoms with E-state index in [1.807, 2.05) is 25.9 Å². The molecule has 0 bridgehead atoms. The second-order valence-corrected chi connectivity index (χ2v) is 5.06. The fourth-order valence-corrected chi connectivity index (χ4v) is 2.04. The first-order valence-corrected chi connectivity index (χ1v) is 6.41. The number of hydrogen-bond acceptors (Lipinski definition) is 7. The first kappa shape index (κ1) is 15.0. The van der Waals surface area contributed by atoms with Crippen LogP contribution >= 0.6 is 0 Å². The Hall–Kier alpha value is -2.42. The summed E-state index contributed by atoms with van der Waals surface area (Å²) in [5.74, 6) is -0.451. The summed E-state index contributed by atoms with van der Waals surface area (Å²) in [6.45, 7) is 2.36. The fraction of sp³-hybridized carbons (Fsp3) is 0.500. The molecule has 0 aliphatic heterocycles. The van der Waals surface area contributed by atoms with Gasteiger partial charge in [-0.05, 0) is 21.0 Å². The van der Waals surface area contributed by atoms with E-state index >= 15 is 0 Å². The van der Waals surface area contributed by atoms with E-state index < -0.39 is 11.5 Å². The van der Waals surface area contributed by atoms with E-state index in [9.17, 15) is 9.59 Å². The lowest BCUT2D eigenvalue weighted by molar-refractivity contribution is -0.149. The number of aromatic amines is 1. The number of carbonyl (C=O) groups excluding carboxylic acids is 1. The maximum Gasteiger partial charge on any atom is 0.326 e. The molecule has 2 aromatic rings. The molecule has 1 unspecified atom stereocenters. The van der Waals surface area contributed by atoms with Crippen molar-refractivity contribution in [3.05, 3.63) is 16.7 Å². The summed E-state index contributed by atoms with van der Waals surface area (Å²) >= 11 is 0. The number of H-pyrrole nitrogens is 1. The molecule has 2 rings (SSSR count). The van der Waals surface area contributed by atoms with Gasteiger partial charge >= 0.3 is 5.97 Å². The summed E-state index contributed by atoms with van der Waals surface area (Å²) in [6, 6.07) is 0. The highest BCUT2D eigenvalue weighted by Gasteiger charge is 2.15. The zero-order chi connectivity index (χ0) is 15.6. The van der Waals surface area contributed by atoms with Crippen molar-refractivity contribution in [1.29, 1.82) is 0 Å². The normalized spacial score (nSPS) is 12.8. The number of fused-ring (bicyclic) bond motifs is 1. The van der Waals surface area contributed by atoms with Gasteiger partial charge in [0.15, 0.2) is 11.2 Å². The van der Waals surface area contributed by atoms with Crippen molar-refractivity contribution in [3.8, 4) is 0 Å². The van der Waals surface area contributed by atoms with Crippen LogP contribution in [-0.2, 0) is 16.1 Å². The first-order chi connectivity index (χ1) is 9.86. The van der Waals surface area contributed by atoms with E-state index in [1.165, 1.54) is 10.9 Å². The molecular weight excluding hydrogens is 276 g/mol. The van der Waals surface area contributed by atoms with Crippen molar-refractivity contribution in [2.75, 3.05) is 26.4 Å². The predicted molar refractivity (Wildman–Crippen MR) is 76.7 cm³/mol. The molecule has 0 fully saturated rings. The van der Waals surface area contributed by atoms with Crippen LogP contribution < -0.4 is 11.3 Å². The molecule has 0 saturated carbocycles. The van der Waals surface area contributed by atoms with Gasteiger partial charge in [0, 0.05) is 6.54 Å². The van der Waals surface area contributed by atoms with Crippen molar-refractivity contribution in [3.63, 3.8) is 0 Å². The molecule has 3 N–H and O–H groups in total. The molecule has 0 radical (unpaired) electrons. The minimum absolute atomic E-state index is 0.0245. The van der Waals surface area contributed by atoms with Crippen LogP contribution in [0.4, 0.5) is 5.95 Å². The number of aromatic nitrogens is 4. The average molecular weight is 294 g/mol. The van der Waals surface area contributed by atoms with Gasteiger partial charge in [0.05, 0.1) is 6.33 Å². The van der Waals surface area contributed by atoms with Crippen molar-refractivity contribution < 1.29 is 9.53 Å². The number of nitrogens with two attached hydrogens (primary N) is 1. The summed E-state index contributed by atoms with van der Waals surface area (Å²) in [4.78, 5) is 35.7. The maximum absolute atomic E-state index is 11.9. The van der Waals surface area contributed by atoms with E-state index in [-0.39, 0.29) is 29.8 Å². The topological polar surface area (TPSA) is 119 Å². The summed E-state index contributed by atoms with van der Waals surface area (Å²) < 4.78 is 6.71. The lowest BCUT2D eigenvalue weighted by Gasteiger charge is -2.17. The number of nitrogens with zero attached hydrogens (tertiary/aromatic N) is 4. The number of nitrogen functional groups attached to an aromatic ring is 1. The van der Waals surface area contributed by atoms with Crippen LogP contribution in [0.25, 0.3) is 11.2 Å². The zero-order valence-electron chi connectivity index (χ0n) is 12.2. The molecule has 1 atom stereocenters. The molecule has 0 amide bonds. The highest BCUT2D eigenvalue weighted by atomic mass is 16.5. The Morgan fingerprint density at radius 2 is 2.29 bits per heavy atom. The number of hydrogen-bond donors (Lipinski definition) is 2. The Morgan fingerprint density at radius 1 is 1.57 bits per heavy atom. The first-order valence-electron chi connectivity index (χ1n) is 6.41. The molecule has 114 valence electrons. The summed E-state index contributed by atoms with van der Waals surface area (Å²) in [5.41, 5.74) is 5.45. The Bertz CT molecular complexity index is 705. The Morgan fingerprint density at radius 3 is 2.95 bits per heavy atom. The summed E-state index contributed by atoms with van der Waals surface area (Å²) in [5, 5.41) is 0. The third-order valence-corrected chi connectivity index (χ3v) is 2.75. The summed E-state index contributed by atoms with van der Waals surface area (Å²) in [7, 11) is 3.79. The van der Waals surface area contributed by atoms with Crippen molar-refractivity contribution in [1.82, 2.24) is 24.4 Å². The number of nitrogens with one attached hydrogen (secondary N) is 1. The number of esters is 1. The van der Waals surface area contributed by atoms with Gasteiger partial charge in [0.2, 0.25) is 5.95 Å². The molecule has 0 spiro atoms. The largest absolute Gasteiger partial charge is 0.460 e. The summed E-state index contributed by atoms with van der Waals surface area (Å²) in [6.07, 6.45) is 1.13. The lowest BCUT2D eigenvalue weighted by atomic mass is 10.4. The van der Waals surface area contributed by atoms with Crippen molar-refractivity contribution in [2.45, 2.75) is 19.6 Å². The zero-order valence-corrected chi connectivity index (χ0v) is 12.2. The molecule has 21 heavy (non-hydrogen) atoms. The monoisotopic (exact) mass is 294 g/mol. The smallest absolute Gasteiger partial charge is 0.326 e. The predicted octanol–water partition coefficient (Wildman–Crippen LogP) is -0.805. The van der Waals surface area contributed by atoms with Crippen LogP contribution in [0.5, 0.6) is 0 Å². The SMILES string of the molecule is CC(CN(C)C)OC(=O)Cn1cnc2c(=O)[nH]c(N)nc21. The van der Waals surface area contributed by atoms with Gasteiger partial charge in [-0.2, -0.15) is 4.98 Å². The quantitative estimate of drug-likeness (QED) is 0.692. The second kappa shape index (κ2) is 5.92. The maximum atomic E-state index is 11.9. The van der Waals surface area contributed by atoms with Crippen molar-refractivity contribution in [2.24, 2.45) is 0 Å². The van der Waals surface area contributed by atoms with Gasteiger partial charge in [-0.25, -0.2) is 4.98 Å². The molecule has 2 aromatic heterocycles. The second-order valence-electron chi connectivity index (χ2n) is 5.06. The van der Waals surface area contributed by atoms with Crippen LogP contribution in [-0.4, -0.2) is 57.1 Å². The molecule has 9 heteroatoms. The number of ether oxygens (including phenoxy) is 1. The minimum atomic E-state index is -0.439. The van der Waals surface area contributed by atoms with Crippen LogP contribution in [0, 0.1) is 0 Å². The van der Waals surface area contributed by atoms with Crippen LogP contribution in [0.15, 0.2) is 11.1 Å². The van der Waals surface area contributed by atoms with Gasteiger partial charge < -0.3 is 19.9 Å². The Kier molecular flexibility index (Phi) is 4.22. The number of likely N-dealkylation sites (N-methyl/N-ethyl adjacent to an activating group) is 1. The molecule has 0 saturated heterocycles. The molecule has 0 aliphatic rings.